The van der Waals surface area contributed by atoms with Crippen molar-refractivity contribution in [3.63, 3.8) is 0 Å². The van der Waals surface area contributed by atoms with Crippen LogP contribution < -0.4 is 5.73 Å². The summed E-state index contributed by atoms with van der Waals surface area (Å²) in [6.45, 7) is 6.18. The van der Waals surface area contributed by atoms with Crippen molar-refractivity contribution in [1.29, 1.82) is 0 Å². The first-order valence-corrected chi connectivity index (χ1v) is 6.33. The molecule has 0 aliphatic rings. The molecular formula is C14H20N4. The predicted octanol–water partition coefficient (Wildman–Crippen LogP) is 2.16. The minimum Gasteiger partial charge on any atom is -0.327 e. The van der Waals surface area contributed by atoms with Gasteiger partial charge in [0, 0.05) is 18.4 Å². The number of nitrogens with two attached hydrogens (primary N) is 1. The third-order valence-corrected chi connectivity index (χ3v) is 3.06. The average Bonchev–Trinajstić information content (AvgIpc) is 2.75. The van der Waals surface area contributed by atoms with E-state index in [-0.39, 0.29) is 6.04 Å². The predicted molar refractivity (Wildman–Crippen MR) is 72.8 cm³/mol. The zero-order chi connectivity index (χ0) is 13.1. The lowest BCUT2D eigenvalue weighted by atomic mass is 10.1. The zero-order valence-electron chi connectivity index (χ0n) is 11.2. The van der Waals surface area contributed by atoms with Gasteiger partial charge in [0.1, 0.15) is 0 Å². The largest absolute Gasteiger partial charge is 0.327 e. The molecule has 0 bridgehead atoms. The van der Waals surface area contributed by atoms with Gasteiger partial charge in [-0.15, -0.1) is 0 Å². The lowest BCUT2D eigenvalue weighted by Gasteiger charge is -2.11. The van der Waals surface area contributed by atoms with Gasteiger partial charge >= 0.3 is 0 Å². The minimum atomic E-state index is 0.212. The van der Waals surface area contributed by atoms with Gasteiger partial charge in [0.2, 0.25) is 0 Å². The van der Waals surface area contributed by atoms with E-state index in [0.717, 1.165) is 29.8 Å². The Morgan fingerprint density at radius 2 is 2.11 bits per heavy atom. The highest BCUT2D eigenvalue weighted by atomic mass is 15.3. The van der Waals surface area contributed by atoms with Crippen molar-refractivity contribution in [3.8, 4) is 5.82 Å². The number of aromatic nitrogens is 3. The average molecular weight is 244 g/mol. The van der Waals surface area contributed by atoms with Crippen LogP contribution in [0.15, 0.2) is 24.7 Å². The lowest BCUT2D eigenvalue weighted by Crippen LogP contribution is -2.21. The van der Waals surface area contributed by atoms with Crippen molar-refractivity contribution in [1.82, 2.24) is 14.8 Å². The summed E-state index contributed by atoms with van der Waals surface area (Å²) >= 11 is 0. The Morgan fingerprint density at radius 1 is 1.33 bits per heavy atom. The molecular weight excluding hydrogens is 224 g/mol. The van der Waals surface area contributed by atoms with E-state index in [0.29, 0.717) is 0 Å². The number of pyridine rings is 1. The summed E-state index contributed by atoms with van der Waals surface area (Å²) in [6.07, 6.45) is 7.57. The van der Waals surface area contributed by atoms with Crippen LogP contribution in [0.25, 0.3) is 5.82 Å². The lowest BCUT2D eigenvalue weighted by molar-refractivity contribution is 0.644. The normalized spacial score (nSPS) is 12.7. The topological polar surface area (TPSA) is 56.7 Å². The fraction of sp³-hybridized carbons (Fsp3) is 0.429. The Hall–Kier alpha value is -1.68. The zero-order valence-corrected chi connectivity index (χ0v) is 11.2. The summed E-state index contributed by atoms with van der Waals surface area (Å²) in [4.78, 5) is 4.49. The molecule has 2 heterocycles. The van der Waals surface area contributed by atoms with Crippen molar-refractivity contribution in [3.05, 3.63) is 41.3 Å². The molecule has 0 fully saturated rings. The Balaban J connectivity index is 2.25. The number of hydrogen-bond donors (Lipinski definition) is 1. The molecule has 1 atom stereocenters. The van der Waals surface area contributed by atoms with Crippen molar-refractivity contribution < 1.29 is 0 Å². The molecule has 0 spiro atoms. The summed E-state index contributed by atoms with van der Waals surface area (Å²) < 4.78 is 1.81. The van der Waals surface area contributed by atoms with Crippen molar-refractivity contribution in [2.24, 2.45) is 5.73 Å². The number of aryl methyl sites for hydroxylation is 2. The Kier molecular flexibility index (Phi) is 3.77. The first-order chi connectivity index (χ1) is 8.60. The van der Waals surface area contributed by atoms with E-state index in [1.165, 1.54) is 5.56 Å². The highest BCUT2D eigenvalue weighted by Crippen LogP contribution is 2.14. The smallest absolute Gasteiger partial charge is 0.156 e. The SMILES string of the molecule is CCC(N)Cc1cnc(-n2cc(C)cn2)c(C)c1. The van der Waals surface area contributed by atoms with Gasteiger partial charge in [-0.2, -0.15) is 5.10 Å². The number of nitrogens with zero attached hydrogens (tertiary/aromatic N) is 3. The maximum atomic E-state index is 5.96. The Bertz CT molecular complexity index is 530. The minimum absolute atomic E-state index is 0.212. The summed E-state index contributed by atoms with van der Waals surface area (Å²) in [5, 5.41) is 4.28. The van der Waals surface area contributed by atoms with E-state index in [9.17, 15) is 0 Å². The van der Waals surface area contributed by atoms with Crippen LogP contribution in [-0.4, -0.2) is 20.8 Å². The van der Waals surface area contributed by atoms with Crippen molar-refractivity contribution in [2.45, 2.75) is 39.7 Å². The van der Waals surface area contributed by atoms with Crippen LogP contribution in [-0.2, 0) is 6.42 Å². The molecule has 2 rings (SSSR count). The Morgan fingerprint density at radius 3 is 2.67 bits per heavy atom. The van der Waals surface area contributed by atoms with E-state index in [2.05, 4.69) is 30.0 Å². The van der Waals surface area contributed by atoms with Gasteiger partial charge in [-0.25, -0.2) is 9.67 Å². The molecule has 1 unspecified atom stereocenters. The van der Waals surface area contributed by atoms with E-state index < -0.39 is 0 Å². The highest BCUT2D eigenvalue weighted by molar-refractivity contribution is 5.35. The second-order valence-corrected chi connectivity index (χ2v) is 4.82. The van der Waals surface area contributed by atoms with E-state index in [1.807, 2.05) is 30.2 Å². The maximum Gasteiger partial charge on any atom is 0.156 e. The van der Waals surface area contributed by atoms with Crippen LogP contribution in [0.3, 0.4) is 0 Å². The maximum absolute atomic E-state index is 5.96. The quantitative estimate of drug-likeness (QED) is 0.896. The van der Waals surface area contributed by atoms with Gasteiger partial charge in [0.15, 0.2) is 5.82 Å². The van der Waals surface area contributed by atoms with Crippen LogP contribution in [0.5, 0.6) is 0 Å². The third kappa shape index (κ3) is 2.76. The monoisotopic (exact) mass is 244 g/mol. The molecule has 2 aromatic heterocycles. The molecule has 4 heteroatoms. The van der Waals surface area contributed by atoms with Crippen LogP contribution in [0.2, 0.25) is 0 Å². The fourth-order valence-corrected chi connectivity index (χ4v) is 1.95. The molecule has 0 saturated carbocycles. The number of hydrogen-bond acceptors (Lipinski definition) is 3. The molecule has 0 aliphatic carbocycles. The van der Waals surface area contributed by atoms with E-state index in [1.54, 1.807) is 0 Å². The molecule has 0 aromatic carbocycles. The third-order valence-electron chi connectivity index (χ3n) is 3.06. The molecule has 2 aromatic rings. The van der Waals surface area contributed by atoms with Gasteiger partial charge in [-0.05, 0) is 43.4 Å². The van der Waals surface area contributed by atoms with Crippen molar-refractivity contribution in [2.75, 3.05) is 0 Å². The fourth-order valence-electron chi connectivity index (χ4n) is 1.95. The molecule has 18 heavy (non-hydrogen) atoms. The van der Waals surface area contributed by atoms with Crippen LogP contribution in [0.4, 0.5) is 0 Å². The number of rotatable bonds is 4. The van der Waals surface area contributed by atoms with Gasteiger partial charge < -0.3 is 5.73 Å². The molecule has 0 saturated heterocycles. The molecule has 0 radical (unpaired) electrons. The van der Waals surface area contributed by atoms with Gasteiger partial charge in [0.05, 0.1) is 6.20 Å². The van der Waals surface area contributed by atoms with E-state index in [4.69, 9.17) is 5.73 Å². The standard InChI is InChI=1S/C14H20N4/c1-4-13(15)6-12-5-11(3)14(16-8-12)18-9-10(2)7-17-18/h5,7-9,13H,4,6,15H2,1-3H3. The molecule has 2 N–H and O–H groups in total. The second-order valence-electron chi connectivity index (χ2n) is 4.82. The second kappa shape index (κ2) is 5.31. The summed E-state index contributed by atoms with van der Waals surface area (Å²) in [6, 6.07) is 2.36. The van der Waals surface area contributed by atoms with Crippen LogP contribution >= 0.6 is 0 Å². The summed E-state index contributed by atoms with van der Waals surface area (Å²) in [5.41, 5.74) is 9.41. The van der Waals surface area contributed by atoms with Gasteiger partial charge in [0.25, 0.3) is 0 Å². The summed E-state index contributed by atoms with van der Waals surface area (Å²) in [7, 11) is 0. The van der Waals surface area contributed by atoms with Gasteiger partial charge in [-0.3, -0.25) is 0 Å². The molecule has 96 valence electrons. The molecule has 4 nitrogen and oxygen atoms in total. The Labute approximate surface area is 108 Å². The van der Waals surface area contributed by atoms with Gasteiger partial charge in [-0.1, -0.05) is 13.0 Å². The van der Waals surface area contributed by atoms with Crippen LogP contribution in [0.1, 0.15) is 30.0 Å². The molecule has 0 amide bonds. The summed E-state index contributed by atoms with van der Waals surface area (Å²) in [5.74, 6) is 0.886. The first kappa shape index (κ1) is 12.8. The molecule has 0 aliphatic heterocycles. The highest BCUT2D eigenvalue weighted by Gasteiger charge is 2.07. The van der Waals surface area contributed by atoms with Crippen LogP contribution in [0, 0.1) is 13.8 Å². The first-order valence-electron chi connectivity index (χ1n) is 6.33. The van der Waals surface area contributed by atoms with E-state index >= 15 is 0 Å². The van der Waals surface area contributed by atoms with Crippen molar-refractivity contribution >= 4 is 0 Å².